The van der Waals surface area contributed by atoms with Gasteiger partial charge in [-0.25, -0.2) is 0 Å². The fraction of sp³-hybridized carbons (Fsp3) is 0.526. The Morgan fingerprint density at radius 2 is 2.04 bits per heavy atom. The molecule has 0 bridgehead atoms. The molecule has 0 spiro atoms. The summed E-state index contributed by atoms with van der Waals surface area (Å²) in [7, 11) is 0. The summed E-state index contributed by atoms with van der Waals surface area (Å²) in [6, 6.07) is 8.89. The van der Waals surface area contributed by atoms with E-state index in [9.17, 15) is 0 Å². The zero-order valence-corrected chi connectivity index (χ0v) is 14.3. The topological polar surface area (TPSA) is 38.5 Å². The van der Waals surface area contributed by atoms with Crippen molar-refractivity contribution >= 4 is 0 Å². The van der Waals surface area contributed by atoms with Gasteiger partial charge in [0.05, 0.1) is 12.3 Å². The lowest BCUT2D eigenvalue weighted by Gasteiger charge is -2.25. The molecule has 0 amide bonds. The third kappa shape index (κ3) is 3.42. The van der Waals surface area contributed by atoms with E-state index in [2.05, 4.69) is 48.2 Å². The SMILES string of the molecule is CCOc1ccc(CN2CCCC2c2c(C)noc2CC)cc1. The Morgan fingerprint density at radius 1 is 1.26 bits per heavy atom. The van der Waals surface area contributed by atoms with Crippen LogP contribution < -0.4 is 4.74 Å². The van der Waals surface area contributed by atoms with Gasteiger partial charge in [0, 0.05) is 24.6 Å². The lowest BCUT2D eigenvalue weighted by atomic mass is 10.0. The molecule has 0 radical (unpaired) electrons. The van der Waals surface area contributed by atoms with Crippen LogP contribution in [0.15, 0.2) is 28.8 Å². The molecule has 1 aromatic carbocycles. The van der Waals surface area contributed by atoms with E-state index in [0.29, 0.717) is 12.6 Å². The van der Waals surface area contributed by atoms with Gasteiger partial charge in [-0.2, -0.15) is 0 Å². The van der Waals surface area contributed by atoms with Crippen molar-refractivity contribution in [2.75, 3.05) is 13.2 Å². The van der Waals surface area contributed by atoms with Gasteiger partial charge in [0.15, 0.2) is 0 Å². The highest BCUT2D eigenvalue weighted by Gasteiger charge is 2.31. The van der Waals surface area contributed by atoms with Gasteiger partial charge in [-0.1, -0.05) is 24.2 Å². The predicted octanol–water partition coefficient (Wildman–Crippen LogP) is 4.28. The number of hydrogen-bond donors (Lipinski definition) is 0. The highest BCUT2D eigenvalue weighted by atomic mass is 16.5. The van der Waals surface area contributed by atoms with Gasteiger partial charge < -0.3 is 9.26 Å². The lowest BCUT2D eigenvalue weighted by molar-refractivity contribution is 0.245. The molecule has 2 heterocycles. The molecule has 1 aliphatic rings. The van der Waals surface area contributed by atoms with Crippen LogP contribution in [0.5, 0.6) is 5.75 Å². The Labute approximate surface area is 138 Å². The number of aromatic nitrogens is 1. The molecule has 0 saturated carbocycles. The van der Waals surface area contributed by atoms with Crippen LogP contribution in [0.2, 0.25) is 0 Å². The molecule has 0 aliphatic carbocycles. The Hall–Kier alpha value is -1.81. The van der Waals surface area contributed by atoms with Gasteiger partial charge in [-0.3, -0.25) is 4.90 Å². The minimum atomic E-state index is 0.433. The van der Waals surface area contributed by atoms with Gasteiger partial charge in [-0.15, -0.1) is 0 Å². The number of hydrogen-bond acceptors (Lipinski definition) is 4. The Morgan fingerprint density at radius 3 is 2.74 bits per heavy atom. The molecule has 1 atom stereocenters. The monoisotopic (exact) mass is 314 g/mol. The average molecular weight is 314 g/mol. The maximum absolute atomic E-state index is 5.52. The Bertz CT molecular complexity index is 633. The van der Waals surface area contributed by atoms with Crippen molar-refractivity contribution in [3.05, 3.63) is 46.8 Å². The van der Waals surface area contributed by atoms with E-state index in [1.807, 2.05) is 6.92 Å². The zero-order valence-electron chi connectivity index (χ0n) is 14.3. The largest absolute Gasteiger partial charge is 0.494 e. The summed E-state index contributed by atoms with van der Waals surface area (Å²) in [5, 5.41) is 4.19. The molecule has 1 saturated heterocycles. The fourth-order valence-electron chi connectivity index (χ4n) is 3.54. The molecular formula is C19H26N2O2. The number of rotatable bonds is 6. The third-order valence-corrected chi connectivity index (χ3v) is 4.62. The molecule has 0 N–H and O–H groups in total. The summed E-state index contributed by atoms with van der Waals surface area (Å²) >= 11 is 0. The molecule has 1 aliphatic heterocycles. The number of aryl methyl sites for hydroxylation is 2. The number of benzene rings is 1. The third-order valence-electron chi connectivity index (χ3n) is 4.62. The summed E-state index contributed by atoms with van der Waals surface area (Å²) in [6.45, 7) is 9.01. The Balaban J connectivity index is 1.75. The van der Waals surface area contributed by atoms with Crippen LogP contribution >= 0.6 is 0 Å². The van der Waals surface area contributed by atoms with Gasteiger partial charge >= 0.3 is 0 Å². The minimum absolute atomic E-state index is 0.433. The smallest absolute Gasteiger partial charge is 0.141 e. The van der Waals surface area contributed by atoms with Crippen molar-refractivity contribution in [2.45, 2.75) is 52.6 Å². The maximum atomic E-state index is 5.52. The Kier molecular flexibility index (Phi) is 5.01. The van der Waals surface area contributed by atoms with E-state index in [-0.39, 0.29) is 0 Å². The lowest BCUT2D eigenvalue weighted by Crippen LogP contribution is -2.23. The van der Waals surface area contributed by atoms with Gasteiger partial charge in [-0.05, 0) is 50.9 Å². The molecule has 1 unspecified atom stereocenters. The van der Waals surface area contributed by atoms with Gasteiger partial charge in [0.1, 0.15) is 11.5 Å². The second-order valence-corrected chi connectivity index (χ2v) is 6.16. The fourth-order valence-corrected chi connectivity index (χ4v) is 3.54. The van der Waals surface area contributed by atoms with E-state index < -0.39 is 0 Å². The molecule has 23 heavy (non-hydrogen) atoms. The van der Waals surface area contributed by atoms with Crippen molar-refractivity contribution < 1.29 is 9.26 Å². The predicted molar refractivity (Wildman–Crippen MR) is 90.6 cm³/mol. The van der Waals surface area contributed by atoms with Crippen molar-refractivity contribution in [2.24, 2.45) is 0 Å². The highest BCUT2D eigenvalue weighted by molar-refractivity contribution is 5.29. The van der Waals surface area contributed by atoms with Crippen LogP contribution in [0.4, 0.5) is 0 Å². The van der Waals surface area contributed by atoms with Crippen molar-refractivity contribution in [1.82, 2.24) is 10.1 Å². The quantitative estimate of drug-likeness (QED) is 0.797. The van der Waals surface area contributed by atoms with Gasteiger partial charge in [0.2, 0.25) is 0 Å². The first-order valence-corrected chi connectivity index (χ1v) is 8.63. The second-order valence-electron chi connectivity index (χ2n) is 6.16. The zero-order chi connectivity index (χ0) is 16.2. The number of likely N-dealkylation sites (tertiary alicyclic amines) is 1. The summed E-state index contributed by atoms with van der Waals surface area (Å²) in [4.78, 5) is 2.55. The summed E-state index contributed by atoms with van der Waals surface area (Å²) in [5.41, 5.74) is 3.69. The van der Waals surface area contributed by atoms with Gasteiger partial charge in [0.25, 0.3) is 0 Å². The van der Waals surface area contributed by atoms with Crippen molar-refractivity contribution in [3.8, 4) is 5.75 Å². The summed E-state index contributed by atoms with van der Waals surface area (Å²) in [5.74, 6) is 1.99. The maximum Gasteiger partial charge on any atom is 0.141 e. The van der Waals surface area contributed by atoms with Crippen LogP contribution in [-0.4, -0.2) is 23.2 Å². The van der Waals surface area contributed by atoms with Crippen molar-refractivity contribution in [1.29, 1.82) is 0 Å². The average Bonchev–Trinajstić information content (AvgIpc) is 3.15. The van der Waals surface area contributed by atoms with E-state index in [4.69, 9.17) is 9.26 Å². The molecule has 1 fully saturated rings. The molecule has 2 aromatic rings. The number of nitrogens with zero attached hydrogens (tertiary/aromatic N) is 2. The minimum Gasteiger partial charge on any atom is -0.494 e. The number of ether oxygens (including phenoxy) is 1. The van der Waals surface area contributed by atoms with Crippen LogP contribution in [0.3, 0.4) is 0 Å². The first kappa shape index (κ1) is 16.1. The van der Waals surface area contributed by atoms with E-state index in [1.54, 1.807) is 0 Å². The molecule has 4 nitrogen and oxygen atoms in total. The van der Waals surface area contributed by atoms with Crippen LogP contribution in [0.1, 0.15) is 55.3 Å². The molecule has 1 aromatic heterocycles. The summed E-state index contributed by atoms with van der Waals surface area (Å²) in [6.07, 6.45) is 3.32. The second kappa shape index (κ2) is 7.18. The summed E-state index contributed by atoms with van der Waals surface area (Å²) < 4.78 is 11.0. The molecule has 124 valence electrons. The standard InChI is InChI=1S/C19H26N2O2/c1-4-18-19(14(3)20-23-18)17-7-6-12-21(17)13-15-8-10-16(11-9-15)22-5-2/h8-11,17H,4-7,12-13H2,1-3H3. The first-order valence-electron chi connectivity index (χ1n) is 8.63. The molecule has 4 heteroatoms. The first-order chi connectivity index (χ1) is 11.2. The van der Waals surface area contributed by atoms with E-state index in [0.717, 1.165) is 36.7 Å². The highest BCUT2D eigenvalue weighted by Crippen LogP contribution is 2.37. The molecular weight excluding hydrogens is 288 g/mol. The van der Waals surface area contributed by atoms with Crippen LogP contribution in [0, 0.1) is 6.92 Å². The van der Waals surface area contributed by atoms with Crippen LogP contribution in [0.25, 0.3) is 0 Å². The van der Waals surface area contributed by atoms with E-state index in [1.165, 1.54) is 24.0 Å². The normalized spacial score (nSPS) is 18.5. The van der Waals surface area contributed by atoms with Crippen molar-refractivity contribution in [3.63, 3.8) is 0 Å². The molecule has 3 rings (SSSR count). The van der Waals surface area contributed by atoms with Crippen LogP contribution in [-0.2, 0) is 13.0 Å². The van der Waals surface area contributed by atoms with E-state index >= 15 is 0 Å².